The van der Waals surface area contributed by atoms with E-state index in [1.54, 1.807) is 6.92 Å². The summed E-state index contributed by atoms with van der Waals surface area (Å²) in [4.78, 5) is 36.9. The summed E-state index contributed by atoms with van der Waals surface area (Å²) in [5, 5.41) is 5.39. The van der Waals surface area contributed by atoms with Crippen LogP contribution in [0.3, 0.4) is 0 Å². The minimum absolute atomic E-state index is 0.00288. The second-order valence-electron chi connectivity index (χ2n) is 11.2. The van der Waals surface area contributed by atoms with E-state index in [1.807, 2.05) is 0 Å². The number of fused-ring (bicyclic) bond motifs is 2. The van der Waals surface area contributed by atoms with Gasteiger partial charge < -0.3 is 20.1 Å². The van der Waals surface area contributed by atoms with Crippen molar-refractivity contribution < 1.29 is 47.7 Å². The molecule has 4 unspecified atom stereocenters. The van der Waals surface area contributed by atoms with Gasteiger partial charge in [-0.1, -0.05) is 31.6 Å². The molecular weight excluding hydrogens is 626 g/mol. The largest absolute Gasteiger partial charge is 0.496 e. The van der Waals surface area contributed by atoms with Crippen molar-refractivity contribution in [3.8, 4) is 16.9 Å². The van der Waals surface area contributed by atoms with Gasteiger partial charge in [0.25, 0.3) is 5.91 Å². The van der Waals surface area contributed by atoms with Crippen LogP contribution in [0.4, 0.5) is 29.5 Å². The molecule has 14 heteroatoms. The summed E-state index contributed by atoms with van der Waals surface area (Å²) < 4.78 is 90.8. The zero-order valence-corrected chi connectivity index (χ0v) is 24.9. The van der Waals surface area contributed by atoms with Crippen molar-refractivity contribution in [3.63, 3.8) is 0 Å². The van der Waals surface area contributed by atoms with E-state index in [4.69, 9.17) is 9.47 Å². The number of rotatable bonds is 9. The third-order valence-corrected chi connectivity index (χ3v) is 9.49. The first-order valence-corrected chi connectivity index (χ1v) is 16.0. The lowest BCUT2D eigenvalue weighted by Crippen LogP contribution is -2.48. The Morgan fingerprint density at radius 3 is 2.16 bits per heavy atom. The molecule has 0 spiro atoms. The molecule has 0 aliphatic heterocycles. The van der Waals surface area contributed by atoms with E-state index in [-0.39, 0.29) is 58.7 Å². The Kier molecular flexibility index (Phi) is 7.87. The van der Waals surface area contributed by atoms with Gasteiger partial charge in [0.15, 0.2) is 0 Å². The Morgan fingerprint density at radius 1 is 0.911 bits per heavy atom. The highest BCUT2D eigenvalue weighted by molar-refractivity contribution is 8.45. The van der Waals surface area contributed by atoms with Gasteiger partial charge >= 0.3 is 16.2 Å². The number of nitrogens with one attached hydrogen (secondary N) is 2. The quantitative estimate of drug-likeness (QED) is 0.179. The van der Waals surface area contributed by atoms with Gasteiger partial charge in [0.2, 0.25) is 5.91 Å². The van der Waals surface area contributed by atoms with Gasteiger partial charge in [-0.25, -0.2) is 9.18 Å². The van der Waals surface area contributed by atoms with Crippen molar-refractivity contribution in [3.05, 3.63) is 77.6 Å². The molecular formula is C31H30F6N2O5S. The van der Waals surface area contributed by atoms with Gasteiger partial charge in [-0.3, -0.25) is 9.59 Å². The monoisotopic (exact) mass is 656 g/mol. The van der Waals surface area contributed by atoms with Crippen molar-refractivity contribution >= 4 is 33.7 Å². The summed E-state index contributed by atoms with van der Waals surface area (Å²) in [5.74, 6) is -3.40. The van der Waals surface area contributed by atoms with Crippen molar-refractivity contribution in [2.24, 2.45) is 17.8 Å². The average Bonchev–Trinajstić information content (AvgIpc) is 3.58. The summed E-state index contributed by atoms with van der Waals surface area (Å²) in [5.41, 5.74) is 0.608. The highest BCUT2D eigenvalue weighted by Crippen LogP contribution is 3.02. The van der Waals surface area contributed by atoms with E-state index < -0.39 is 50.7 Å². The van der Waals surface area contributed by atoms with Crippen LogP contribution in [0, 0.1) is 23.6 Å². The average molecular weight is 657 g/mol. The molecule has 5 rings (SSSR count). The minimum atomic E-state index is -9.87. The van der Waals surface area contributed by atoms with E-state index in [0.717, 1.165) is 24.6 Å². The third-order valence-electron chi connectivity index (χ3n) is 8.33. The number of amides is 2. The van der Waals surface area contributed by atoms with Gasteiger partial charge in [0, 0.05) is 23.4 Å². The Hall–Kier alpha value is -4.20. The normalized spacial score (nSPS) is 22.2. The lowest BCUT2D eigenvalue weighted by Gasteiger charge is -2.40. The third kappa shape index (κ3) is 6.75. The lowest BCUT2D eigenvalue weighted by molar-refractivity contribution is -0.122. The Labute approximate surface area is 255 Å². The van der Waals surface area contributed by atoms with Gasteiger partial charge in [-0.15, -0.1) is 0 Å². The highest BCUT2D eigenvalue weighted by atomic mass is 32.5. The van der Waals surface area contributed by atoms with Crippen molar-refractivity contribution in [2.75, 3.05) is 19.0 Å². The molecule has 2 fully saturated rings. The molecule has 3 aromatic carbocycles. The molecule has 0 heterocycles. The van der Waals surface area contributed by atoms with E-state index >= 15 is 4.39 Å². The number of carbonyl (C=O) groups excluding carboxylic acids is 3. The number of hydrogen-bond donors (Lipinski definition) is 2. The Balaban J connectivity index is 1.36. The molecule has 2 aliphatic carbocycles. The molecule has 4 atom stereocenters. The van der Waals surface area contributed by atoms with E-state index in [0.29, 0.717) is 18.4 Å². The van der Waals surface area contributed by atoms with Crippen LogP contribution in [0.15, 0.2) is 65.6 Å². The van der Waals surface area contributed by atoms with Crippen molar-refractivity contribution in [1.29, 1.82) is 0 Å². The lowest BCUT2D eigenvalue weighted by atomic mass is 9.83. The first kappa shape index (κ1) is 32.2. The molecule has 45 heavy (non-hydrogen) atoms. The van der Waals surface area contributed by atoms with E-state index in [9.17, 15) is 33.8 Å². The number of benzene rings is 3. The predicted octanol–water partition coefficient (Wildman–Crippen LogP) is 8.12. The van der Waals surface area contributed by atoms with E-state index in [2.05, 4.69) is 10.6 Å². The zero-order valence-electron chi connectivity index (χ0n) is 24.1. The fourth-order valence-corrected chi connectivity index (χ4v) is 6.90. The topological polar surface area (TPSA) is 93.7 Å². The highest BCUT2D eigenvalue weighted by Gasteiger charge is 2.65. The number of esters is 1. The summed E-state index contributed by atoms with van der Waals surface area (Å²) >= 11 is 0. The number of methoxy groups -OCH3 is 1. The standard InChI is InChI=1S/C31H30F6N2O5S/c1-3-44-31(42)18-6-4-17(5-7-18)23-15-24(26(43-2)16-25(23)32)29(40)39-28-20-9-8-19(14-20)27(28)30(41)38-21-10-12-22(13-11-21)45(33,34,35,36)37/h4-7,10-13,15-16,19-20,27-28H,3,8-9,14H2,1-2H3,(H,38,41)(H,39,40). The number of anilines is 1. The molecule has 2 saturated carbocycles. The van der Waals surface area contributed by atoms with Crippen LogP contribution < -0.4 is 15.4 Å². The van der Waals surface area contributed by atoms with Crippen molar-refractivity contribution in [2.45, 2.75) is 37.1 Å². The van der Waals surface area contributed by atoms with Crippen LogP contribution in [-0.4, -0.2) is 37.5 Å². The molecule has 2 N–H and O–H groups in total. The minimum Gasteiger partial charge on any atom is -0.496 e. The number of carbonyl (C=O) groups is 3. The number of halogens is 6. The van der Waals surface area contributed by atoms with Gasteiger partial charge in [0.05, 0.1) is 30.8 Å². The smallest absolute Gasteiger partial charge is 0.338 e. The molecule has 0 aromatic heterocycles. The second kappa shape index (κ2) is 11.0. The maximum Gasteiger partial charge on any atom is 0.338 e. The summed E-state index contributed by atoms with van der Waals surface area (Å²) in [6.45, 7) is 1.86. The molecule has 242 valence electrons. The Bertz CT molecular complexity index is 1650. The zero-order chi connectivity index (χ0) is 32.8. The van der Waals surface area contributed by atoms with Gasteiger partial charge in [-0.05, 0) is 86.1 Å². The van der Waals surface area contributed by atoms with Crippen LogP contribution in [0.1, 0.15) is 46.9 Å². The molecule has 0 saturated heterocycles. The first-order chi connectivity index (χ1) is 21.0. The fraction of sp³-hybridized carbons (Fsp3) is 0.323. The second-order valence-corrected chi connectivity index (χ2v) is 13.6. The summed E-state index contributed by atoms with van der Waals surface area (Å²) in [7, 11) is -8.60. The fourth-order valence-electron chi connectivity index (χ4n) is 6.25. The molecule has 3 aromatic rings. The number of hydrogen-bond acceptors (Lipinski definition) is 5. The van der Waals surface area contributed by atoms with E-state index in [1.165, 1.54) is 37.4 Å². The summed E-state index contributed by atoms with van der Waals surface area (Å²) in [6.07, 6.45) is 2.06. The molecule has 2 aliphatic rings. The summed E-state index contributed by atoms with van der Waals surface area (Å²) in [6, 6.07) is 9.65. The first-order valence-electron chi connectivity index (χ1n) is 14.1. The maximum absolute atomic E-state index is 15.1. The molecule has 7 nitrogen and oxygen atoms in total. The molecule has 2 amide bonds. The van der Waals surface area contributed by atoms with Crippen LogP contribution in [0.25, 0.3) is 11.1 Å². The van der Waals surface area contributed by atoms with Crippen LogP contribution in [0.5, 0.6) is 5.75 Å². The predicted molar refractivity (Wildman–Crippen MR) is 156 cm³/mol. The Morgan fingerprint density at radius 2 is 1.56 bits per heavy atom. The van der Waals surface area contributed by atoms with Crippen molar-refractivity contribution in [1.82, 2.24) is 5.32 Å². The van der Waals surface area contributed by atoms with Crippen LogP contribution in [0.2, 0.25) is 0 Å². The van der Waals surface area contributed by atoms with Crippen LogP contribution in [-0.2, 0) is 9.53 Å². The molecule has 0 radical (unpaired) electrons. The van der Waals surface area contributed by atoms with Gasteiger partial charge in [0.1, 0.15) is 16.5 Å². The SMILES string of the molecule is CCOC(=O)c1ccc(-c2cc(C(=O)NC3C4CCC(C4)C3C(=O)Nc3ccc(S(F)(F)(F)(F)F)cc3)c(OC)cc2F)cc1. The van der Waals surface area contributed by atoms with Gasteiger partial charge in [-0.2, -0.15) is 0 Å². The van der Waals surface area contributed by atoms with Crippen LogP contribution >= 0.6 is 10.2 Å². The molecule has 2 bridgehead atoms. The number of ether oxygens (including phenoxy) is 2. The maximum atomic E-state index is 15.1.